The van der Waals surface area contributed by atoms with Crippen molar-refractivity contribution in [1.29, 1.82) is 0 Å². The van der Waals surface area contributed by atoms with Crippen LogP contribution in [0.15, 0.2) is 78.4 Å². The molecule has 13 nitrogen and oxygen atoms in total. The molecule has 3 rings (SSSR count). The minimum atomic E-state index is -1.35. The Morgan fingerprint density at radius 1 is 0.845 bits per heavy atom. The van der Waals surface area contributed by atoms with Gasteiger partial charge < -0.3 is 26.0 Å². The summed E-state index contributed by atoms with van der Waals surface area (Å²) in [6.45, 7) is 15.0. The quantitative estimate of drug-likeness (QED) is 0.108. The summed E-state index contributed by atoms with van der Waals surface area (Å²) >= 11 is 0. The highest BCUT2D eigenvalue weighted by atomic mass is 16.4. The van der Waals surface area contributed by atoms with Gasteiger partial charge in [-0.15, -0.1) is 0 Å². The smallest absolute Gasteiger partial charge is 0.326 e. The predicted octanol–water partition coefficient (Wildman–Crippen LogP) is 4.80. The molecule has 1 aliphatic heterocycles. The number of amides is 5. The first-order chi connectivity index (χ1) is 27.1. The van der Waals surface area contributed by atoms with Crippen LogP contribution in [0, 0.1) is 11.3 Å². The number of nitrogens with zero attached hydrogens (tertiary/aromatic N) is 2. The van der Waals surface area contributed by atoms with Gasteiger partial charge in [-0.3, -0.25) is 33.7 Å². The van der Waals surface area contributed by atoms with Crippen LogP contribution in [0.5, 0.6) is 0 Å². The second-order valence-corrected chi connectivity index (χ2v) is 16.9. The molecule has 2 aromatic carbocycles. The predicted molar refractivity (Wildman–Crippen MR) is 223 cm³/mol. The van der Waals surface area contributed by atoms with Crippen LogP contribution in [0.1, 0.15) is 86.6 Å². The molecular weight excluding hydrogens is 739 g/mol. The first-order valence-corrected chi connectivity index (χ1v) is 19.8. The average molecular weight is 800 g/mol. The van der Waals surface area contributed by atoms with Crippen molar-refractivity contribution in [1.82, 2.24) is 25.8 Å². The van der Waals surface area contributed by atoms with Gasteiger partial charge in [0.25, 0.3) is 11.8 Å². The number of likely N-dealkylation sites (N-methyl/N-ethyl adjacent to an activating group) is 2. The van der Waals surface area contributed by atoms with Crippen LogP contribution in [0.3, 0.4) is 0 Å². The molecule has 1 heterocycles. The third kappa shape index (κ3) is 12.3. The summed E-state index contributed by atoms with van der Waals surface area (Å²) in [6, 6.07) is 14.4. The van der Waals surface area contributed by atoms with Gasteiger partial charge in [-0.25, -0.2) is 4.79 Å². The number of benzene rings is 2. The van der Waals surface area contributed by atoms with Crippen molar-refractivity contribution in [2.24, 2.45) is 11.3 Å². The van der Waals surface area contributed by atoms with Crippen molar-refractivity contribution in [2.75, 3.05) is 20.6 Å². The maximum Gasteiger partial charge on any atom is 0.326 e. The molecule has 0 aliphatic carbocycles. The number of carbonyl (C=O) groups is 7. The van der Waals surface area contributed by atoms with E-state index in [1.807, 2.05) is 97.0 Å². The van der Waals surface area contributed by atoms with E-state index in [0.29, 0.717) is 0 Å². The Labute approximate surface area is 342 Å². The van der Waals surface area contributed by atoms with Crippen LogP contribution in [0.25, 0.3) is 11.1 Å². The Kier molecular flexibility index (Phi) is 16.4. The Hall–Kier alpha value is -5.43. The molecule has 0 fully saturated rings. The van der Waals surface area contributed by atoms with Crippen molar-refractivity contribution < 1.29 is 38.7 Å². The van der Waals surface area contributed by atoms with E-state index in [4.69, 9.17) is 0 Å². The van der Waals surface area contributed by atoms with E-state index >= 15 is 0 Å². The van der Waals surface area contributed by atoms with Crippen molar-refractivity contribution in [3.63, 3.8) is 0 Å². The van der Waals surface area contributed by atoms with Crippen LogP contribution in [-0.2, 0) is 39.0 Å². The fraction of sp³-hybridized carbons (Fsp3) is 0.489. The summed E-state index contributed by atoms with van der Waals surface area (Å²) < 4.78 is 0. The molecule has 0 unspecified atom stereocenters. The van der Waals surface area contributed by atoms with Crippen molar-refractivity contribution in [3.8, 4) is 11.1 Å². The van der Waals surface area contributed by atoms with Gasteiger partial charge in [0.1, 0.15) is 17.9 Å². The number of Topliss-reactive ketones (excluding diaryl/α,β-unsaturated/α-hetero) is 1. The number of carboxylic acid groups (broad SMARTS) is 1. The number of hydrogen-bond acceptors (Lipinski definition) is 8. The van der Waals surface area contributed by atoms with Gasteiger partial charge in [0, 0.05) is 49.6 Å². The molecule has 2 aromatic rings. The number of carboxylic acids is 1. The molecule has 1 aliphatic rings. The largest absolute Gasteiger partial charge is 0.480 e. The number of nitrogens with one attached hydrogen (secondary N) is 3. The maximum atomic E-state index is 14.4. The minimum Gasteiger partial charge on any atom is -0.480 e. The van der Waals surface area contributed by atoms with Gasteiger partial charge in [-0.1, -0.05) is 109 Å². The third-order valence-electron chi connectivity index (χ3n) is 10.7. The summed E-state index contributed by atoms with van der Waals surface area (Å²) in [7, 11) is 3.34. The van der Waals surface area contributed by atoms with Crippen molar-refractivity contribution >= 4 is 41.3 Å². The van der Waals surface area contributed by atoms with E-state index in [0.717, 1.165) is 33.7 Å². The second kappa shape index (κ2) is 20.3. The Morgan fingerprint density at radius 2 is 1.45 bits per heavy atom. The van der Waals surface area contributed by atoms with Gasteiger partial charge in [0.2, 0.25) is 17.7 Å². The van der Waals surface area contributed by atoms with E-state index < -0.39 is 58.7 Å². The van der Waals surface area contributed by atoms with E-state index in [1.54, 1.807) is 20.2 Å². The van der Waals surface area contributed by atoms with Gasteiger partial charge in [0.15, 0.2) is 0 Å². The number of carbonyl (C=O) groups excluding carboxylic acids is 6. The second-order valence-electron chi connectivity index (χ2n) is 16.9. The topological polar surface area (TPSA) is 182 Å². The lowest BCUT2D eigenvalue weighted by molar-refractivity contribution is -0.142. The minimum absolute atomic E-state index is 0.0404. The Morgan fingerprint density at radius 3 is 2.00 bits per heavy atom. The number of ketones is 1. The first kappa shape index (κ1) is 46.9. The van der Waals surface area contributed by atoms with E-state index in [1.165, 1.54) is 11.8 Å². The van der Waals surface area contributed by atoms with Crippen molar-refractivity contribution in [2.45, 2.75) is 111 Å². The summed E-state index contributed by atoms with van der Waals surface area (Å²) in [6.07, 6.45) is 3.94. The zero-order valence-corrected chi connectivity index (χ0v) is 35.5. The summed E-state index contributed by atoms with van der Waals surface area (Å²) in [5, 5.41) is 18.6. The van der Waals surface area contributed by atoms with E-state index in [9.17, 15) is 38.7 Å². The number of aliphatic carboxylic acids is 1. The molecule has 4 N–H and O–H groups in total. The molecule has 0 radical (unpaired) electrons. The molecular formula is C45H61N5O8. The SMILES string of the molecule is CN[C@H](C(=O)N[C@H](C(=O)N(C)[C@H](/C=C(\C)C(=O)N[C@H](CCC(=O)CCCN1C(=O)C=CC1=O)C(=O)O)C(C)C)C(C)(C)C)C(C)(C)c1cccc(-c2ccccc2)c1. The highest BCUT2D eigenvalue weighted by Crippen LogP contribution is 2.32. The Balaban J connectivity index is 1.72. The van der Waals surface area contributed by atoms with Gasteiger partial charge in [-0.05, 0) is 54.8 Å². The number of hydrogen-bond donors (Lipinski definition) is 4. The van der Waals surface area contributed by atoms with Gasteiger partial charge in [0.05, 0.1) is 12.1 Å². The number of rotatable bonds is 20. The highest BCUT2D eigenvalue weighted by molar-refractivity contribution is 6.12. The lowest BCUT2D eigenvalue weighted by Gasteiger charge is -2.40. The molecule has 314 valence electrons. The van der Waals surface area contributed by atoms with Crippen LogP contribution < -0.4 is 16.0 Å². The molecule has 58 heavy (non-hydrogen) atoms. The normalized spacial score (nSPS) is 15.5. The molecule has 13 heteroatoms. The van der Waals surface area contributed by atoms with Crippen LogP contribution >= 0.6 is 0 Å². The summed E-state index contributed by atoms with van der Waals surface area (Å²) in [4.78, 5) is 92.4. The molecule has 0 bridgehead atoms. The van der Waals surface area contributed by atoms with Crippen LogP contribution in [0.4, 0.5) is 0 Å². The highest BCUT2D eigenvalue weighted by Gasteiger charge is 2.42. The fourth-order valence-electron chi connectivity index (χ4n) is 7.07. The maximum absolute atomic E-state index is 14.4. The van der Waals surface area contributed by atoms with E-state index in [2.05, 4.69) is 22.0 Å². The molecule has 5 amide bonds. The monoisotopic (exact) mass is 799 g/mol. The molecule has 0 aromatic heterocycles. The standard InChI is InChI=1S/C45H61N5O8/c1-28(2)35(26-29(3)40(54)47-34(43(57)58)22-21-33(51)20-15-25-50-36(52)23-24-37(50)53)49(10)42(56)39(44(4,5)6)48-41(55)38(46-9)45(7,8)32-19-14-18-31(27-32)30-16-12-11-13-17-30/h11-14,16-19,23-24,26-28,34-35,38-39,46H,15,20-22,25H2,1-10H3,(H,47,54)(H,48,55)(H,57,58)/b29-26+/t34-,35-,38-,39-/m1/s1. The zero-order chi connectivity index (χ0) is 43.5. The van der Waals surface area contributed by atoms with Crippen LogP contribution in [-0.4, -0.2) is 101 Å². The van der Waals surface area contributed by atoms with Crippen molar-refractivity contribution in [3.05, 3.63) is 84.0 Å². The lowest BCUT2D eigenvalue weighted by atomic mass is 9.76. The molecule has 0 saturated carbocycles. The summed E-state index contributed by atoms with van der Waals surface area (Å²) in [5.74, 6) is -4.00. The number of imide groups is 1. The van der Waals surface area contributed by atoms with Gasteiger partial charge >= 0.3 is 5.97 Å². The average Bonchev–Trinajstić information content (AvgIpc) is 3.49. The third-order valence-corrected chi connectivity index (χ3v) is 10.7. The molecule has 0 spiro atoms. The molecule has 4 atom stereocenters. The molecule has 0 saturated heterocycles. The Bertz CT molecular complexity index is 1880. The summed E-state index contributed by atoms with van der Waals surface area (Å²) in [5.41, 5.74) is 1.80. The van der Waals surface area contributed by atoms with Crippen LogP contribution in [0.2, 0.25) is 0 Å². The lowest BCUT2D eigenvalue weighted by Crippen LogP contribution is -2.61. The fourth-order valence-corrected chi connectivity index (χ4v) is 7.07. The van der Waals surface area contributed by atoms with E-state index in [-0.39, 0.29) is 61.3 Å². The van der Waals surface area contributed by atoms with Gasteiger partial charge in [-0.2, -0.15) is 0 Å². The first-order valence-electron chi connectivity index (χ1n) is 19.8. The zero-order valence-electron chi connectivity index (χ0n) is 35.5.